The molecule has 5 rings (SSSR count). The fraction of sp³-hybridized carbons (Fsp3) is 0.308. The van der Waals surface area contributed by atoms with E-state index in [1.807, 2.05) is 49.4 Å². The van der Waals surface area contributed by atoms with Gasteiger partial charge in [0.05, 0.1) is 6.54 Å². The van der Waals surface area contributed by atoms with Crippen LogP contribution in [0.1, 0.15) is 47.4 Å². The van der Waals surface area contributed by atoms with E-state index in [0.717, 1.165) is 16.8 Å². The van der Waals surface area contributed by atoms with Gasteiger partial charge in [-0.1, -0.05) is 48.5 Å². The molecule has 174 valence electrons. The summed E-state index contributed by atoms with van der Waals surface area (Å²) in [5.41, 5.74) is 0.798. The van der Waals surface area contributed by atoms with Gasteiger partial charge in [0.15, 0.2) is 0 Å². The number of carbonyl (C=O) groups excluding carboxylic acids is 1. The molecule has 0 radical (unpaired) electrons. The lowest BCUT2D eigenvalue weighted by Gasteiger charge is -2.31. The van der Waals surface area contributed by atoms with Crippen molar-refractivity contribution in [1.82, 2.24) is 19.2 Å². The van der Waals surface area contributed by atoms with Gasteiger partial charge >= 0.3 is 11.3 Å². The summed E-state index contributed by atoms with van der Waals surface area (Å²) in [7, 11) is 0. The Morgan fingerprint density at radius 2 is 1.74 bits per heavy atom. The first-order valence-corrected chi connectivity index (χ1v) is 11.6. The molecular formula is C26H26N4O4. The molecule has 1 aliphatic heterocycles. The number of aromatic nitrogens is 3. The Kier molecular flexibility index (Phi) is 5.88. The second-order valence-electron chi connectivity index (χ2n) is 8.58. The van der Waals surface area contributed by atoms with Crippen LogP contribution >= 0.6 is 0 Å². The lowest BCUT2D eigenvalue weighted by atomic mass is 9.95. The van der Waals surface area contributed by atoms with Crippen LogP contribution in [0.15, 0.2) is 74.7 Å². The van der Waals surface area contributed by atoms with Crippen LogP contribution in [-0.4, -0.2) is 38.2 Å². The Hall–Kier alpha value is -3.94. The van der Waals surface area contributed by atoms with E-state index in [-0.39, 0.29) is 23.1 Å². The van der Waals surface area contributed by atoms with Gasteiger partial charge in [-0.25, -0.2) is 14.3 Å². The molecule has 0 unspecified atom stereocenters. The van der Waals surface area contributed by atoms with E-state index in [0.29, 0.717) is 44.6 Å². The van der Waals surface area contributed by atoms with Gasteiger partial charge in [-0.05, 0) is 37.5 Å². The standard InChI is InChI=1S/C26H26N4O4/c1-2-29-23(27-30(26(29)33)17-18-8-4-3-5-9-18)19-12-14-28(15-13-19)24(31)21-16-20-10-6-7-11-22(20)34-25(21)32/h3-11,16,19H,2,12-15,17H2,1H3. The molecule has 2 aromatic heterocycles. The molecule has 0 aliphatic carbocycles. The van der Waals surface area contributed by atoms with Crippen molar-refractivity contribution in [2.45, 2.75) is 38.8 Å². The van der Waals surface area contributed by atoms with Crippen LogP contribution in [0.5, 0.6) is 0 Å². The van der Waals surface area contributed by atoms with Crippen LogP contribution in [0.4, 0.5) is 0 Å². The molecule has 0 saturated carbocycles. The number of para-hydroxylation sites is 1. The fourth-order valence-corrected chi connectivity index (χ4v) is 4.64. The Morgan fingerprint density at radius 3 is 2.47 bits per heavy atom. The summed E-state index contributed by atoms with van der Waals surface area (Å²) in [4.78, 5) is 40.1. The molecule has 1 saturated heterocycles. The van der Waals surface area contributed by atoms with Crippen molar-refractivity contribution < 1.29 is 9.21 Å². The molecule has 34 heavy (non-hydrogen) atoms. The molecule has 2 aromatic carbocycles. The number of amides is 1. The lowest BCUT2D eigenvalue weighted by molar-refractivity contribution is 0.0706. The first kappa shape index (κ1) is 21.9. The molecule has 0 bridgehead atoms. The fourth-order valence-electron chi connectivity index (χ4n) is 4.64. The normalized spacial score (nSPS) is 14.6. The van der Waals surface area contributed by atoms with Gasteiger partial charge in [0.25, 0.3) is 5.91 Å². The molecule has 0 spiro atoms. The van der Waals surface area contributed by atoms with Crippen LogP contribution in [0.3, 0.4) is 0 Å². The number of carbonyl (C=O) groups is 1. The third-order valence-corrected chi connectivity index (χ3v) is 6.46. The summed E-state index contributed by atoms with van der Waals surface area (Å²) in [6, 6.07) is 18.5. The van der Waals surface area contributed by atoms with Crippen LogP contribution in [0, 0.1) is 0 Å². The second kappa shape index (κ2) is 9.13. The summed E-state index contributed by atoms with van der Waals surface area (Å²) in [5.74, 6) is 0.517. The summed E-state index contributed by atoms with van der Waals surface area (Å²) in [6.07, 6.45) is 1.35. The van der Waals surface area contributed by atoms with Crippen molar-refractivity contribution in [3.63, 3.8) is 0 Å². The van der Waals surface area contributed by atoms with Gasteiger partial charge in [0.1, 0.15) is 17.0 Å². The van der Waals surface area contributed by atoms with Gasteiger partial charge in [-0.15, -0.1) is 0 Å². The zero-order chi connectivity index (χ0) is 23.7. The highest BCUT2D eigenvalue weighted by atomic mass is 16.4. The predicted octanol–water partition coefficient (Wildman–Crippen LogP) is 3.24. The molecule has 8 nitrogen and oxygen atoms in total. The van der Waals surface area contributed by atoms with E-state index in [9.17, 15) is 14.4 Å². The maximum Gasteiger partial charge on any atom is 0.349 e. The van der Waals surface area contributed by atoms with Gasteiger partial charge in [-0.2, -0.15) is 5.10 Å². The van der Waals surface area contributed by atoms with E-state index >= 15 is 0 Å². The van der Waals surface area contributed by atoms with Gasteiger partial charge in [-0.3, -0.25) is 9.36 Å². The minimum Gasteiger partial charge on any atom is -0.422 e. The van der Waals surface area contributed by atoms with E-state index in [1.165, 1.54) is 4.68 Å². The third-order valence-electron chi connectivity index (χ3n) is 6.46. The molecule has 0 N–H and O–H groups in total. The molecule has 1 amide bonds. The van der Waals surface area contributed by atoms with E-state index in [2.05, 4.69) is 5.10 Å². The lowest BCUT2D eigenvalue weighted by Crippen LogP contribution is -2.40. The van der Waals surface area contributed by atoms with Crippen LogP contribution in [0.25, 0.3) is 11.0 Å². The van der Waals surface area contributed by atoms with Crippen molar-refractivity contribution >= 4 is 16.9 Å². The van der Waals surface area contributed by atoms with Crippen LogP contribution in [-0.2, 0) is 13.1 Å². The Labute approximate surface area is 196 Å². The Morgan fingerprint density at radius 1 is 1.03 bits per heavy atom. The summed E-state index contributed by atoms with van der Waals surface area (Å²) in [5, 5.41) is 5.39. The number of likely N-dealkylation sites (tertiary alicyclic amines) is 1. The molecule has 1 aliphatic rings. The molecule has 0 atom stereocenters. The topological polar surface area (TPSA) is 90.3 Å². The highest BCUT2D eigenvalue weighted by Gasteiger charge is 2.30. The largest absolute Gasteiger partial charge is 0.422 e. The van der Waals surface area contributed by atoms with E-state index in [4.69, 9.17) is 4.42 Å². The minimum atomic E-state index is -0.620. The van der Waals surface area contributed by atoms with E-state index < -0.39 is 5.63 Å². The van der Waals surface area contributed by atoms with Gasteiger partial charge < -0.3 is 9.32 Å². The monoisotopic (exact) mass is 458 g/mol. The number of nitrogens with zero attached hydrogens (tertiary/aromatic N) is 4. The molecular weight excluding hydrogens is 432 g/mol. The van der Waals surface area contributed by atoms with Crippen molar-refractivity contribution in [2.24, 2.45) is 0 Å². The average Bonchev–Trinajstić information content (AvgIpc) is 3.18. The molecule has 3 heterocycles. The third kappa shape index (κ3) is 4.07. The maximum absolute atomic E-state index is 13.1. The van der Waals surface area contributed by atoms with Gasteiger partial charge in [0, 0.05) is 30.9 Å². The maximum atomic E-state index is 13.1. The van der Waals surface area contributed by atoms with Crippen molar-refractivity contribution in [2.75, 3.05) is 13.1 Å². The first-order chi connectivity index (χ1) is 16.5. The van der Waals surface area contributed by atoms with Crippen LogP contribution < -0.4 is 11.3 Å². The van der Waals surface area contributed by atoms with E-state index in [1.54, 1.807) is 27.7 Å². The summed E-state index contributed by atoms with van der Waals surface area (Å²) >= 11 is 0. The highest BCUT2D eigenvalue weighted by molar-refractivity contribution is 5.96. The predicted molar refractivity (Wildman–Crippen MR) is 128 cm³/mol. The molecule has 1 fully saturated rings. The minimum absolute atomic E-state index is 0.0507. The van der Waals surface area contributed by atoms with Crippen molar-refractivity contribution in [3.05, 3.63) is 98.5 Å². The zero-order valence-electron chi connectivity index (χ0n) is 19.0. The Bertz CT molecular complexity index is 1440. The first-order valence-electron chi connectivity index (χ1n) is 11.6. The number of fused-ring (bicyclic) bond motifs is 1. The summed E-state index contributed by atoms with van der Waals surface area (Å²) in [6.45, 7) is 3.88. The molecule has 8 heteroatoms. The highest BCUT2D eigenvalue weighted by Crippen LogP contribution is 2.27. The smallest absolute Gasteiger partial charge is 0.349 e. The van der Waals surface area contributed by atoms with Crippen molar-refractivity contribution in [3.8, 4) is 0 Å². The van der Waals surface area contributed by atoms with Gasteiger partial charge in [0.2, 0.25) is 0 Å². The van der Waals surface area contributed by atoms with Crippen molar-refractivity contribution in [1.29, 1.82) is 0 Å². The number of benzene rings is 2. The quantitative estimate of drug-likeness (QED) is 0.428. The molecule has 4 aromatic rings. The average molecular weight is 459 g/mol. The zero-order valence-corrected chi connectivity index (χ0v) is 19.0. The Balaban J connectivity index is 1.33. The number of hydrogen-bond acceptors (Lipinski definition) is 5. The number of rotatable bonds is 5. The number of hydrogen-bond donors (Lipinski definition) is 0. The SMILES string of the molecule is CCn1c(C2CCN(C(=O)c3cc4ccccc4oc3=O)CC2)nn(Cc2ccccc2)c1=O. The summed E-state index contributed by atoms with van der Waals surface area (Å²) < 4.78 is 8.58. The van der Waals surface area contributed by atoms with Crippen LogP contribution in [0.2, 0.25) is 0 Å². The number of piperidine rings is 1. The second-order valence-corrected chi connectivity index (χ2v) is 8.58.